The Morgan fingerprint density at radius 1 is 0.903 bits per heavy atom. The molecule has 31 heavy (non-hydrogen) atoms. The fourth-order valence-corrected chi connectivity index (χ4v) is 3.27. The van der Waals surface area contributed by atoms with E-state index in [1.165, 1.54) is 28.9 Å². The van der Waals surface area contributed by atoms with Crippen LogP contribution in [0.2, 0.25) is 0 Å². The zero-order valence-corrected chi connectivity index (χ0v) is 16.2. The predicted octanol–water partition coefficient (Wildman–Crippen LogP) is 1.46. The molecule has 0 radical (unpaired) electrons. The van der Waals surface area contributed by atoms with E-state index in [4.69, 9.17) is 0 Å². The summed E-state index contributed by atoms with van der Waals surface area (Å²) in [6.07, 6.45) is 0. The number of halogens is 1. The largest absolute Gasteiger partial charge is 0.353 e. The molecular formula is C22H17FN4O4. The number of nitrogens with zero attached hydrogens (tertiary/aromatic N) is 3. The van der Waals surface area contributed by atoms with Gasteiger partial charge in [-0.25, -0.2) is 9.07 Å². The van der Waals surface area contributed by atoms with Crippen LogP contribution in [0.4, 0.5) is 4.39 Å². The Morgan fingerprint density at radius 3 is 2.19 bits per heavy atom. The zero-order chi connectivity index (χ0) is 22.0. The number of hydrogen-bond acceptors (Lipinski definition) is 5. The average molecular weight is 420 g/mol. The van der Waals surface area contributed by atoms with Gasteiger partial charge in [0.15, 0.2) is 0 Å². The SMILES string of the molecule is O=C(CN1C(=O)c2ccccc2C1=O)NCCn1nc(-c2ccc(F)cc2)ccc1=O. The van der Waals surface area contributed by atoms with E-state index < -0.39 is 24.3 Å². The van der Waals surface area contributed by atoms with E-state index in [1.807, 2.05) is 0 Å². The lowest BCUT2D eigenvalue weighted by atomic mass is 10.1. The first-order valence-electron chi connectivity index (χ1n) is 9.50. The number of rotatable bonds is 6. The van der Waals surface area contributed by atoms with Gasteiger partial charge < -0.3 is 5.32 Å². The van der Waals surface area contributed by atoms with Crippen molar-refractivity contribution < 1.29 is 18.8 Å². The molecule has 3 aromatic rings. The summed E-state index contributed by atoms with van der Waals surface area (Å²) < 4.78 is 14.3. The van der Waals surface area contributed by atoms with E-state index in [0.717, 1.165) is 4.90 Å². The lowest BCUT2D eigenvalue weighted by Crippen LogP contribution is -2.41. The van der Waals surface area contributed by atoms with Gasteiger partial charge in [0.2, 0.25) is 5.91 Å². The highest BCUT2D eigenvalue weighted by Crippen LogP contribution is 2.21. The van der Waals surface area contributed by atoms with Crippen molar-refractivity contribution in [2.24, 2.45) is 0 Å². The quantitative estimate of drug-likeness (QED) is 0.609. The van der Waals surface area contributed by atoms with Crippen molar-refractivity contribution in [2.75, 3.05) is 13.1 Å². The van der Waals surface area contributed by atoms with Crippen molar-refractivity contribution in [3.05, 3.63) is 88.0 Å². The van der Waals surface area contributed by atoms with Gasteiger partial charge in [0.1, 0.15) is 12.4 Å². The Kier molecular flexibility index (Phi) is 5.40. The first-order valence-corrected chi connectivity index (χ1v) is 9.50. The second kappa shape index (κ2) is 8.31. The third-order valence-electron chi connectivity index (χ3n) is 4.83. The van der Waals surface area contributed by atoms with Gasteiger partial charge >= 0.3 is 0 Å². The Morgan fingerprint density at radius 2 is 1.55 bits per heavy atom. The molecule has 0 unspecified atom stereocenters. The summed E-state index contributed by atoms with van der Waals surface area (Å²) in [5.41, 5.74) is 1.31. The molecule has 0 bridgehead atoms. The maximum atomic E-state index is 13.1. The van der Waals surface area contributed by atoms with Gasteiger partial charge in [0.25, 0.3) is 17.4 Å². The van der Waals surface area contributed by atoms with Gasteiger partial charge in [-0.15, -0.1) is 0 Å². The molecule has 1 aliphatic rings. The molecule has 2 heterocycles. The maximum absolute atomic E-state index is 13.1. The number of benzene rings is 2. The van der Waals surface area contributed by atoms with Gasteiger partial charge in [-0.3, -0.25) is 24.1 Å². The Balaban J connectivity index is 1.36. The van der Waals surface area contributed by atoms with E-state index in [1.54, 1.807) is 36.4 Å². The van der Waals surface area contributed by atoms with Gasteiger partial charge in [-0.05, 0) is 42.5 Å². The van der Waals surface area contributed by atoms with Crippen molar-refractivity contribution in [3.8, 4) is 11.3 Å². The summed E-state index contributed by atoms with van der Waals surface area (Å²) in [4.78, 5) is 49.8. The molecule has 0 fully saturated rings. The topological polar surface area (TPSA) is 101 Å². The van der Waals surface area contributed by atoms with Crippen molar-refractivity contribution in [1.82, 2.24) is 20.0 Å². The summed E-state index contributed by atoms with van der Waals surface area (Å²) in [7, 11) is 0. The van der Waals surface area contributed by atoms with E-state index in [2.05, 4.69) is 10.4 Å². The van der Waals surface area contributed by atoms with Crippen LogP contribution in [0.15, 0.2) is 65.5 Å². The normalized spacial score (nSPS) is 12.7. The van der Waals surface area contributed by atoms with Crippen LogP contribution in [0.1, 0.15) is 20.7 Å². The first kappa shape index (κ1) is 20.1. The van der Waals surface area contributed by atoms with Crippen LogP contribution >= 0.6 is 0 Å². The molecule has 1 aliphatic heterocycles. The molecule has 0 saturated heterocycles. The van der Waals surface area contributed by atoms with E-state index >= 15 is 0 Å². The number of aromatic nitrogens is 2. The monoisotopic (exact) mass is 420 g/mol. The van der Waals surface area contributed by atoms with Crippen LogP contribution < -0.4 is 10.9 Å². The van der Waals surface area contributed by atoms with Gasteiger partial charge in [0.05, 0.1) is 23.4 Å². The summed E-state index contributed by atoms with van der Waals surface area (Å²) in [5, 5.41) is 6.82. The van der Waals surface area contributed by atoms with Crippen LogP contribution in [0.3, 0.4) is 0 Å². The predicted molar refractivity (Wildman–Crippen MR) is 109 cm³/mol. The van der Waals surface area contributed by atoms with E-state index in [0.29, 0.717) is 11.3 Å². The average Bonchev–Trinajstić information content (AvgIpc) is 3.01. The van der Waals surface area contributed by atoms with Crippen LogP contribution in [-0.4, -0.2) is 45.5 Å². The lowest BCUT2D eigenvalue weighted by molar-refractivity contribution is -0.121. The number of carbonyl (C=O) groups excluding carboxylic acids is 3. The summed E-state index contributed by atoms with van der Waals surface area (Å²) in [5.74, 6) is -1.93. The maximum Gasteiger partial charge on any atom is 0.266 e. The summed E-state index contributed by atoms with van der Waals surface area (Å²) in [6, 6.07) is 15.0. The number of imide groups is 1. The summed E-state index contributed by atoms with van der Waals surface area (Å²) in [6.45, 7) is -0.256. The van der Waals surface area contributed by atoms with Crippen LogP contribution in [-0.2, 0) is 11.3 Å². The standard InChI is InChI=1S/C22H17FN4O4/c23-15-7-5-14(6-8-15)18-9-10-20(29)27(25-18)12-11-24-19(28)13-26-21(30)16-3-1-2-4-17(16)22(26)31/h1-10H,11-13H2,(H,24,28). The number of hydrogen-bond donors (Lipinski definition) is 1. The van der Waals surface area contributed by atoms with Crippen molar-refractivity contribution in [2.45, 2.75) is 6.54 Å². The molecule has 0 spiro atoms. The molecule has 2 aromatic carbocycles. The Hall–Kier alpha value is -4.14. The molecule has 3 amide bonds. The number of carbonyl (C=O) groups is 3. The summed E-state index contributed by atoms with van der Waals surface area (Å²) >= 11 is 0. The van der Waals surface area contributed by atoms with E-state index in [-0.39, 0.29) is 35.6 Å². The molecule has 156 valence electrons. The molecule has 0 atom stereocenters. The fourth-order valence-electron chi connectivity index (χ4n) is 3.27. The Bertz CT molecular complexity index is 1200. The van der Waals surface area contributed by atoms with Gasteiger partial charge in [0, 0.05) is 18.2 Å². The van der Waals surface area contributed by atoms with Gasteiger partial charge in [-0.2, -0.15) is 5.10 Å². The van der Waals surface area contributed by atoms with Crippen LogP contribution in [0.5, 0.6) is 0 Å². The van der Waals surface area contributed by atoms with E-state index in [9.17, 15) is 23.6 Å². The highest BCUT2D eigenvalue weighted by molar-refractivity contribution is 6.22. The second-order valence-electron chi connectivity index (χ2n) is 6.88. The number of fused-ring (bicyclic) bond motifs is 1. The Labute approximate surface area is 175 Å². The van der Waals surface area contributed by atoms with Crippen LogP contribution in [0, 0.1) is 5.82 Å². The number of nitrogens with one attached hydrogen (secondary N) is 1. The third kappa shape index (κ3) is 4.11. The minimum atomic E-state index is -0.530. The number of amides is 3. The third-order valence-corrected chi connectivity index (χ3v) is 4.83. The molecule has 9 heteroatoms. The van der Waals surface area contributed by atoms with Gasteiger partial charge in [-0.1, -0.05) is 12.1 Å². The molecule has 1 N–H and O–H groups in total. The molecule has 0 aliphatic carbocycles. The molecular weight excluding hydrogens is 403 g/mol. The van der Waals surface area contributed by atoms with Crippen LogP contribution in [0.25, 0.3) is 11.3 Å². The molecule has 4 rings (SSSR count). The van der Waals surface area contributed by atoms with Crippen molar-refractivity contribution in [3.63, 3.8) is 0 Å². The lowest BCUT2D eigenvalue weighted by Gasteiger charge is -2.14. The zero-order valence-electron chi connectivity index (χ0n) is 16.2. The highest BCUT2D eigenvalue weighted by atomic mass is 19.1. The van der Waals surface area contributed by atoms with Crippen molar-refractivity contribution in [1.29, 1.82) is 0 Å². The smallest absolute Gasteiger partial charge is 0.266 e. The minimum absolute atomic E-state index is 0.0712. The first-order chi connectivity index (χ1) is 14.9. The molecule has 1 aromatic heterocycles. The highest BCUT2D eigenvalue weighted by Gasteiger charge is 2.36. The second-order valence-corrected chi connectivity index (χ2v) is 6.88. The van der Waals surface area contributed by atoms with Crippen molar-refractivity contribution >= 4 is 17.7 Å². The fraction of sp³-hybridized carbons (Fsp3) is 0.136. The molecule has 0 saturated carbocycles. The molecule has 8 nitrogen and oxygen atoms in total. The minimum Gasteiger partial charge on any atom is -0.353 e.